The second-order valence-electron chi connectivity index (χ2n) is 9.66. The number of pyridine rings is 1. The summed E-state index contributed by atoms with van der Waals surface area (Å²) >= 11 is 0. The molecule has 0 aliphatic carbocycles. The molecule has 3 atom stereocenters. The summed E-state index contributed by atoms with van der Waals surface area (Å²) in [4.78, 5) is 35.7. The Balaban J connectivity index is 1.97. The van der Waals surface area contributed by atoms with Gasteiger partial charge in [0.25, 0.3) is 5.91 Å². The Labute approximate surface area is 219 Å². The molecular formula is C28H36N4O5. The number of ether oxygens (including phenoxy) is 2. The maximum atomic E-state index is 13.6. The fraction of sp³-hybridized carbons (Fsp3) is 0.464. The van der Waals surface area contributed by atoms with Gasteiger partial charge in [0.05, 0.1) is 38.4 Å². The Kier molecular flexibility index (Phi) is 9.50. The third kappa shape index (κ3) is 7.00. The molecule has 1 aliphatic heterocycles. The number of hydrogen-bond acceptors (Lipinski definition) is 7. The number of para-hydroxylation sites is 1. The van der Waals surface area contributed by atoms with Gasteiger partial charge in [0, 0.05) is 31.3 Å². The molecular weight excluding hydrogens is 472 g/mol. The van der Waals surface area contributed by atoms with Gasteiger partial charge in [0.15, 0.2) is 0 Å². The van der Waals surface area contributed by atoms with Crippen molar-refractivity contribution in [3.63, 3.8) is 0 Å². The van der Waals surface area contributed by atoms with Crippen molar-refractivity contribution < 1.29 is 24.2 Å². The molecule has 0 saturated heterocycles. The number of fused-ring (bicyclic) bond motifs is 1. The molecule has 9 nitrogen and oxygen atoms in total. The van der Waals surface area contributed by atoms with Crippen molar-refractivity contribution in [2.75, 3.05) is 54.5 Å². The number of carbonyl (C=O) groups is 2. The first kappa shape index (κ1) is 28.0. The van der Waals surface area contributed by atoms with E-state index in [0.29, 0.717) is 30.0 Å². The molecule has 9 heteroatoms. The van der Waals surface area contributed by atoms with E-state index in [0.717, 1.165) is 0 Å². The quantitative estimate of drug-likeness (QED) is 0.569. The summed E-state index contributed by atoms with van der Waals surface area (Å²) in [5, 5.41) is 9.85. The van der Waals surface area contributed by atoms with E-state index in [1.54, 1.807) is 43.1 Å². The molecule has 198 valence electrons. The number of benzene rings is 1. The lowest BCUT2D eigenvalue weighted by Gasteiger charge is -2.37. The number of hydrogen-bond donors (Lipinski definition) is 1. The average Bonchev–Trinajstić information content (AvgIpc) is 2.88. The van der Waals surface area contributed by atoms with Crippen LogP contribution in [0.25, 0.3) is 0 Å². The van der Waals surface area contributed by atoms with Crippen LogP contribution in [0.1, 0.15) is 35.3 Å². The maximum absolute atomic E-state index is 13.6. The summed E-state index contributed by atoms with van der Waals surface area (Å²) in [7, 11) is 7.01. The maximum Gasteiger partial charge on any atom is 0.259 e. The van der Waals surface area contributed by atoms with Crippen molar-refractivity contribution >= 4 is 11.8 Å². The topological polar surface area (TPSA) is 95.4 Å². The van der Waals surface area contributed by atoms with Crippen molar-refractivity contribution in [1.29, 1.82) is 0 Å². The highest BCUT2D eigenvalue weighted by Gasteiger charge is 2.34. The highest BCUT2D eigenvalue weighted by molar-refractivity contribution is 5.97. The molecule has 1 aliphatic rings. The number of carbonyl (C=O) groups excluding carboxylic acids is 2. The molecule has 0 fully saturated rings. The largest absolute Gasteiger partial charge is 0.495 e. The summed E-state index contributed by atoms with van der Waals surface area (Å²) in [6, 6.07) is 8.68. The van der Waals surface area contributed by atoms with Crippen LogP contribution >= 0.6 is 0 Å². The minimum absolute atomic E-state index is 0.0327. The van der Waals surface area contributed by atoms with Crippen LogP contribution in [0, 0.1) is 17.8 Å². The highest BCUT2D eigenvalue weighted by Crippen LogP contribution is 2.27. The molecule has 2 aromatic rings. The number of nitrogens with zero attached hydrogens (tertiary/aromatic N) is 4. The summed E-state index contributed by atoms with van der Waals surface area (Å²) < 4.78 is 11.6. The Morgan fingerprint density at radius 1 is 1.30 bits per heavy atom. The average molecular weight is 509 g/mol. The molecule has 37 heavy (non-hydrogen) atoms. The van der Waals surface area contributed by atoms with Crippen LogP contribution in [0.4, 0.5) is 0 Å². The van der Waals surface area contributed by atoms with E-state index in [1.807, 2.05) is 50.2 Å². The van der Waals surface area contributed by atoms with Gasteiger partial charge < -0.3 is 29.3 Å². The van der Waals surface area contributed by atoms with Crippen LogP contribution in [0.5, 0.6) is 11.6 Å². The fourth-order valence-corrected chi connectivity index (χ4v) is 4.04. The molecule has 2 amide bonds. The molecule has 1 N–H and O–H groups in total. The lowest BCUT2D eigenvalue weighted by Crippen LogP contribution is -2.51. The molecule has 0 unspecified atom stereocenters. The SMILES string of the molecule is COc1ccccc1C#Cc1cnc2c(c1)C(=O)N([C@@H](C)CO)C[C@@H](C)[C@H](CN(C)C(=O)CN(C)C)O2. The zero-order valence-electron chi connectivity index (χ0n) is 22.4. The summed E-state index contributed by atoms with van der Waals surface area (Å²) in [5.74, 6) is 6.54. The van der Waals surface area contributed by atoms with Gasteiger partial charge in [0.2, 0.25) is 11.8 Å². The van der Waals surface area contributed by atoms with Crippen LogP contribution in [0.3, 0.4) is 0 Å². The number of methoxy groups -OCH3 is 1. The second-order valence-corrected chi connectivity index (χ2v) is 9.66. The van der Waals surface area contributed by atoms with Gasteiger partial charge in [-0.2, -0.15) is 0 Å². The minimum Gasteiger partial charge on any atom is -0.495 e. The van der Waals surface area contributed by atoms with Gasteiger partial charge in [0.1, 0.15) is 17.4 Å². The van der Waals surface area contributed by atoms with Crippen LogP contribution in [0.15, 0.2) is 36.5 Å². The monoisotopic (exact) mass is 508 g/mol. The first-order chi connectivity index (χ1) is 17.6. The van der Waals surface area contributed by atoms with Gasteiger partial charge >= 0.3 is 0 Å². The summed E-state index contributed by atoms with van der Waals surface area (Å²) in [5.41, 5.74) is 1.53. The minimum atomic E-state index is -0.408. The van der Waals surface area contributed by atoms with E-state index in [9.17, 15) is 14.7 Å². The molecule has 1 aromatic heterocycles. The molecule has 0 radical (unpaired) electrons. The molecule has 2 heterocycles. The number of amides is 2. The van der Waals surface area contributed by atoms with Crippen molar-refractivity contribution in [2.24, 2.45) is 5.92 Å². The predicted molar refractivity (Wildman–Crippen MR) is 141 cm³/mol. The number of aliphatic hydroxyl groups excluding tert-OH is 1. The van der Waals surface area contributed by atoms with Crippen LogP contribution in [-0.4, -0.2) is 103 Å². The van der Waals surface area contributed by atoms with E-state index in [4.69, 9.17) is 9.47 Å². The van der Waals surface area contributed by atoms with Gasteiger partial charge in [-0.05, 0) is 39.2 Å². The van der Waals surface area contributed by atoms with Gasteiger partial charge in [-0.3, -0.25) is 9.59 Å². The van der Waals surface area contributed by atoms with Crippen molar-refractivity contribution in [3.05, 3.63) is 53.2 Å². The lowest BCUT2D eigenvalue weighted by atomic mass is 10.00. The Morgan fingerprint density at radius 3 is 2.70 bits per heavy atom. The lowest BCUT2D eigenvalue weighted by molar-refractivity contribution is -0.132. The first-order valence-corrected chi connectivity index (χ1v) is 12.3. The van der Waals surface area contributed by atoms with E-state index in [2.05, 4.69) is 16.8 Å². The van der Waals surface area contributed by atoms with Crippen LogP contribution in [-0.2, 0) is 4.79 Å². The zero-order chi connectivity index (χ0) is 27.1. The third-order valence-corrected chi connectivity index (χ3v) is 6.30. The summed E-state index contributed by atoms with van der Waals surface area (Å²) in [6.07, 6.45) is 1.16. The smallest absolute Gasteiger partial charge is 0.259 e. The van der Waals surface area contributed by atoms with E-state index in [-0.39, 0.29) is 42.3 Å². The Bertz CT molecular complexity index is 1170. The van der Waals surface area contributed by atoms with Crippen LogP contribution < -0.4 is 9.47 Å². The van der Waals surface area contributed by atoms with Crippen LogP contribution in [0.2, 0.25) is 0 Å². The molecule has 0 spiro atoms. The first-order valence-electron chi connectivity index (χ1n) is 12.3. The van der Waals surface area contributed by atoms with Crippen molar-refractivity contribution in [2.45, 2.75) is 26.0 Å². The predicted octanol–water partition coefficient (Wildman–Crippen LogP) is 1.73. The second kappa shape index (κ2) is 12.6. The Morgan fingerprint density at radius 2 is 2.03 bits per heavy atom. The van der Waals surface area contributed by atoms with Crippen molar-refractivity contribution in [3.8, 4) is 23.5 Å². The van der Waals surface area contributed by atoms with E-state index >= 15 is 0 Å². The van der Waals surface area contributed by atoms with Gasteiger partial charge in [-0.1, -0.05) is 30.9 Å². The number of rotatable bonds is 7. The normalized spacial score (nSPS) is 18.1. The number of likely N-dealkylation sites (N-methyl/N-ethyl adjacent to an activating group) is 2. The fourth-order valence-electron chi connectivity index (χ4n) is 4.04. The standard InChI is InChI=1S/C28H36N4O5/c1-19-15-32(20(2)18-33)28(35)23-13-21(11-12-22-9-7-8-10-24(22)36-6)14-29-27(23)37-25(19)16-31(5)26(34)17-30(3)4/h7-10,13-14,19-20,25,33H,15-18H2,1-6H3/t19-,20+,25+/m1/s1. The van der Waals surface area contributed by atoms with E-state index in [1.165, 1.54) is 0 Å². The third-order valence-electron chi connectivity index (χ3n) is 6.30. The number of aliphatic hydroxyl groups is 1. The summed E-state index contributed by atoms with van der Waals surface area (Å²) in [6.45, 7) is 4.57. The van der Waals surface area contributed by atoms with Crippen molar-refractivity contribution in [1.82, 2.24) is 19.7 Å². The van der Waals surface area contributed by atoms with E-state index < -0.39 is 12.1 Å². The number of aromatic nitrogens is 1. The van der Waals surface area contributed by atoms with Gasteiger partial charge in [-0.25, -0.2) is 4.98 Å². The molecule has 0 bridgehead atoms. The molecule has 3 rings (SSSR count). The van der Waals surface area contributed by atoms with Gasteiger partial charge in [-0.15, -0.1) is 0 Å². The zero-order valence-corrected chi connectivity index (χ0v) is 22.4. The highest BCUT2D eigenvalue weighted by atomic mass is 16.5. The molecule has 0 saturated carbocycles. The molecule has 1 aromatic carbocycles. The Hall–Kier alpha value is -3.61.